The lowest BCUT2D eigenvalue weighted by Crippen LogP contribution is -2.14. The van der Waals surface area contributed by atoms with Crippen LogP contribution in [0.5, 0.6) is 0 Å². The average Bonchev–Trinajstić information content (AvgIpc) is 2.75. The van der Waals surface area contributed by atoms with Crippen LogP contribution < -0.4 is 10.0 Å². The van der Waals surface area contributed by atoms with Crippen molar-refractivity contribution >= 4 is 38.1 Å². The van der Waals surface area contributed by atoms with Gasteiger partial charge in [0.05, 0.1) is 10.6 Å². The molecule has 0 aromatic heterocycles. The number of amides is 1. The maximum Gasteiger partial charge on any atom is 0.261 e. The first kappa shape index (κ1) is 18.7. The number of carbonyl (C=O) groups excluding carboxylic acids is 1. The van der Waals surface area contributed by atoms with E-state index >= 15 is 0 Å². The molecule has 4 aromatic carbocycles. The number of benzene rings is 4. The fourth-order valence-corrected chi connectivity index (χ4v) is 4.11. The fraction of sp³-hybridized carbons (Fsp3) is 0. The molecule has 4 aromatic rings. The van der Waals surface area contributed by atoms with Gasteiger partial charge in [0, 0.05) is 16.6 Å². The van der Waals surface area contributed by atoms with E-state index in [1.807, 2.05) is 42.5 Å². The van der Waals surface area contributed by atoms with E-state index in [0.29, 0.717) is 16.9 Å². The van der Waals surface area contributed by atoms with E-state index in [1.54, 1.807) is 42.5 Å². The topological polar surface area (TPSA) is 75.3 Å². The summed E-state index contributed by atoms with van der Waals surface area (Å²) < 4.78 is 28.3. The Kier molecular flexibility index (Phi) is 5.01. The lowest BCUT2D eigenvalue weighted by atomic mass is 10.1. The largest absolute Gasteiger partial charge is 0.322 e. The van der Waals surface area contributed by atoms with Gasteiger partial charge in [-0.1, -0.05) is 54.6 Å². The predicted molar refractivity (Wildman–Crippen MR) is 116 cm³/mol. The van der Waals surface area contributed by atoms with E-state index in [1.165, 1.54) is 12.1 Å². The Labute approximate surface area is 169 Å². The summed E-state index contributed by atoms with van der Waals surface area (Å²) in [7, 11) is -3.76. The molecule has 0 heterocycles. The van der Waals surface area contributed by atoms with Crippen LogP contribution in [0.15, 0.2) is 102 Å². The zero-order valence-corrected chi connectivity index (χ0v) is 16.2. The number of sulfonamides is 1. The number of hydrogen-bond donors (Lipinski definition) is 2. The molecule has 0 aliphatic carbocycles. The third kappa shape index (κ3) is 4.12. The van der Waals surface area contributed by atoms with Gasteiger partial charge in [-0.3, -0.25) is 9.52 Å². The molecule has 6 heteroatoms. The van der Waals surface area contributed by atoms with E-state index < -0.39 is 10.0 Å². The Morgan fingerprint density at radius 2 is 1.34 bits per heavy atom. The minimum absolute atomic E-state index is 0.114. The van der Waals surface area contributed by atoms with Gasteiger partial charge in [-0.05, 0) is 47.9 Å². The van der Waals surface area contributed by atoms with Gasteiger partial charge in [-0.15, -0.1) is 0 Å². The van der Waals surface area contributed by atoms with Crippen molar-refractivity contribution < 1.29 is 13.2 Å². The van der Waals surface area contributed by atoms with Crippen LogP contribution in [0.2, 0.25) is 0 Å². The predicted octanol–water partition coefficient (Wildman–Crippen LogP) is 4.89. The number of nitrogens with one attached hydrogen (secondary N) is 2. The van der Waals surface area contributed by atoms with Crippen LogP contribution in [-0.2, 0) is 10.0 Å². The zero-order chi connectivity index (χ0) is 20.3. The molecule has 5 nitrogen and oxygen atoms in total. The summed E-state index contributed by atoms with van der Waals surface area (Å²) in [6.45, 7) is 0. The van der Waals surface area contributed by atoms with E-state index in [-0.39, 0.29) is 10.8 Å². The smallest absolute Gasteiger partial charge is 0.261 e. The van der Waals surface area contributed by atoms with Gasteiger partial charge in [-0.25, -0.2) is 8.42 Å². The molecule has 29 heavy (non-hydrogen) atoms. The highest BCUT2D eigenvalue weighted by Gasteiger charge is 2.16. The summed E-state index contributed by atoms with van der Waals surface area (Å²) in [5, 5.41) is 4.53. The van der Waals surface area contributed by atoms with Crippen LogP contribution in [0, 0.1) is 0 Å². The molecule has 0 saturated carbocycles. The first-order valence-corrected chi connectivity index (χ1v) is 10.5. The third-order valence-electron chi connectivity index (χ3n) is 4.49. The van der Waals surface area contributed by atoms with Crippen LogP contribution in [0.25, 0.3) is 10.8 Å². The standard InChI is InChI=1S/C23H18N2O3S/c26-23(18-8-2-1-3-9-18)24-19-13-15-20(16-14-19)29(27,28)25-22-12-6-10-17-7-4-5-11-21(17)22/h1-16,25H,(H,24,26). The van der Waals surface area contributed by atoms with Crippen molar-refractivity contribution in [2.75, 3.05) is 10.0 Å². The van der Waals surface area contributed by atoms with E-state index in [9.17, 15) is 13.2 Å². The van der Waals surface area contributed by atoms with Gasteiger partial charge in [-0.2, -0.15) is 0 Å². The normalized spacial score (nSPS) is 11.2. The van der Waals surface area contributed by atoms with Crippen molar-refractivity contribution in [1.82, 2.24) is 0 Å². The SMILES string of the molecule is O=C(Nc1ccc(S(=O)(=O)Nc2cccc3ccccc23)cc1)c1ccccc1. The van der Waals surface area contributed by atoms with Crippen LogP contribution >= 0.6 is 0 Å². The number of hydrogen-bond acceptors (Lipinski definition) is 3. The second-order valence-corrected chi connectivity index (χ2v) is 8.16. The molecule has 0 aliphatic heterocycles. The maximum absolute atomic E-state index is 12.8. The molecule has 0 radical (unpaired) electrons. The summed E-state index contributed by atoms with van der Waals surface area (Å²) in [5.41, 5.74) is 1.56. The molecule has 4 rings (SSSR count). The molecule has 0 aliphatic rings. The zero-order valence-electron chi connectivity index (χ0n) is 15.4. The molecule has 0 bridgehead atoms. The minimum Gasteiger partial charge on any atom is -0.322 e. The second-order valence-electron chi connectivity index (χ2n) is 6.48. The molecule has 0 saturated heterocycles. The molecule has 0 unspecified atom stereocenters. The van der Waals surface area contributed by atoms with Gasteiger partial charge >= 0.3 is 0 Å². The van der Waals surface area contributed by atoms with Crippen LogP contribution in [-0.4, -0.2) is 14.3 Å². The molecular formula is C23H18N2O3S. The summed E-state index contributed by atoms with van der Waals surface area (Å²) in [4.78, 5) is 12.3. The third-order valence-corrected chi connectivity index (χ3v) is 5.87. The fourth-order valence-electron chi connectivity index (χ4n) is 3.03. The van der Waals surface area contributed by atoms with Crippen LogP contribution in [0.1, 0.15) is 10.4 Å². The van der Waals surface area contributed by atoms with Crippen molar-refractivity contribution in [2.24, 2.45) is 0 Å². The first-order valence-electron chi connectivity index (χ1n) is 9.00. The Hall–Kier alpha value is -3.64. The van der Waals surface area contributed by atoms with E-state index in [4.69, 9.17) is 0 Å². The highest BCUT2D eigenvalue weighted by Crippen LogP contribution is 2.26. The number of carbonyl (C=O) groups is 1. The Morgan fingerprint density at radius 1 is 0.690 bits per heavy atom. The van der Waals surface area contributed by atoms with Crippen molar-refractivity contribution in [3.63, 3.8) is 0 Å². The van der Waals surface area contributed by atoms with Crippen LogP contribution in [0.4, 0.5) is 11.4 Å². The van der Waals surface area contributed by atoms with Gasteiger partial charge in [0.1, 0.15) is 0 Å². The number of fused-ring (bicyclic) bond motifs is 1. The molecule has 2 N–H and O–H groups in total. The molecule has 0 fully saturated rings. The number of anilines is 2. The van der Waals surface area contributed by atoms with E-state index in [2.05, 4.69) is 10.0 Å². The highest BCUT2D eigenvalue weighted by molar-refractivity contribution is 7.92. The van der Waals surface area contributed by atoms with Gasteiger partial charge in [0.25, 0.3) is 15.9 Å². The monoisotopic (exact) mass is 402 g/mol. The highest BCUT2D eigenvalue weighted by atomic mass is 32.2. The Balaban J connectivity index is 1.54. The maximum atomic E-state index is 12.8. The van der Waals surface area contributed by atoms with Crippen molar-refractivity contribution in [2.45, 2.75) is 4.90 Å². The molecule has 0 atom stereocenters. The van der Waals surface area contributed by atoms with Crippen molar-refractivity contribution in [1.29, 1.82) is 0 Å². The molecule has 1 amide bonds. The van der Waals surface area contributed by atoms with Crippen molar-refractivity contribution in [3.05, 3.63) is 103 Å². The lowest BCUT2D eigenvalue weighted by Gasteiger charge is -2.11. The summed E-state index contributed by atoms with van der Waals surface area (Å²) in [6, 6.07) is 27.9. The Bertz CT molecular complexity index is 1260. The molecular weight excluding hydrogens is 384 g/mol. The second kappa shape index (κ2) is 7.77. The Morgan fingerprint density at radius 3 is 2.10 bits per heavy atom. The van der Waals surface area contributed by atoms with Gasteiger partial charge < -0.3 is 5.32 Å². The van der Waals surface area contributed by atoms with Crippen LogP contribution in [0.3, 0.4) is 0 Å². The number of rotatable bonds is 5. The quantitative estimate of drug-likeness (QED) is 0.499. The van der Waals surface area contributed by atoms with E-state index in [0.717, 1.165) is 10.8 Å². The average molecular weight is 402 g/mol. The lowest BCUT2D eigenvalue weighted by molar-refractivity contribution is 0.102. The first-order chi connectivity index (χ1) is 14.0. The van der Waals surface area contributed by atoms with Crippen molar-refractivity contribution in [3.8, 4) is 0 Å². The molecule has 144 valence electrons. The summed E-state index contributed by atoms with van der Waals surface area (Å²) in [6.07, 6.45) is 0. The summed E-state index contributed by atoms with van der Waals surface area (Å²) in [5.74, 6) is -0.255. The molecule has 0 spiro atoms. The van der Waals surface area contributed by atoms with Gasteiger partial charge in [0.2, 0.25) is 0 Å². The van der Waals surface area contributed by atoms with Gasteiger partial charge in [0.15, 0.2) is 0 Å². The summed E-state index contributed by atoms with van der Waals surface area (Å²) >= 11 is 0. The minimum atomic E-state index is -3.76.